The van der Waals surface area contributed by atoms with Crippen LogP contribution in [0.2, 0.25) is 0 Å². The fourth-order valence-corrected chi connectivity index (χ4v) is 4.40. The lowest BCUT2D eigenvalue weighted by Gasteiger charge is -2.26. The molecule has 0 aromatic heterocycles. The van der Waals surface area contributed by atoms with Crippen molar-refractivity contribution >= 4 is 23.7 Å². The average Bonchev–Trinajstić information content (AvgIpc) is 3.17. The Hall–Kier alpha value is -4.13. The smallest absolute Gasteiger partial charge is 0.411 e. The van der Waals surface area contributed by atoms with E-state index in [4.69, 9.17) is 4.74 Å². The molecule has 7 heteroatoms. The average molecular weight is 459 g/mol. The molecule has 0 fully saturated rings. The van der Waals surface area contributed by atoms with E-state index in [0.717, 1.165) is 22.3 Å². The molecule has 2 N–H and O–H groups in total. The summed E-state index contributed by atoms with van der Waals surface area (Å²) in [6.45, 7) is 3.52. The van der Waals surface area contributed by atoms with E-state index in [-0.39, 0.29) is 30.3 Å². The number of rotatable bonds is 7. The molecule has 1 atom stereocenters. The molecule has 0 bridgehead atoms. The van der Waals surface area contributed by atoms with Gasteiger partial charge in [0.05, 0.1) is 11.3 Å². The van der Waals surface area contributed by atoms with Crippen molar-refractivity contribution < 1.29 is 24.2 Å². The lowest BCUT2D eigenvalue weighted by Crippen LogP contribution is -2.43. The van der Waals surface area contributed by atoms with Crippen molar-refractivity contribution in [2.24, 2.45) is 0 Å². The van der Waals surface area contributed by atoms with Crippen LogP contribution in [0.3, 0.4) is 0 Å². The second-order valence-electron chi connectivity index (χ2n) is 8.10. The molecule has 174 valence electrons. The van der Waals surface area contributed by atoms with Crippen molar-refractivity contribution in [3.05, 3.63) is 89.5 Å². The van der Waals surface area contributed by atoms with E-state index < -0.39 is 24.0 Å². The van der Waals surface area contributed by atoms with Gasteiger partial charge in [-0.25, -0.2) is 9.59 Å². The maximum absolute atomic E-state index is 13.0. The summed E-state index contributed by atoms with van der Waals surface area (Å²) < 4.78 is 5.58. The summed E-state index contributed by atoms with van der Waals surface area (Å²) >= 11 is 0. The molecule has 2 amide bonds. The number of carboxylic acids is 1. The third-order valence-corrected chi connectivity index (χ3v) is 6.16. The van der Waals surface area contributed by atoms with Gasteiger partial charge in [-0.2, -0.15) is 0 Å². The molecule has 4 rings (SSSR count). The number of carbonyl (C=O) groups is 3. The number of hydrogen-bond donors (Lipinski definition) is 2. The van der Waals surface area contributed by atoms with Gasteiger partial charge in [0.1, 0.15) is 12.6 Å². The number of para-hydroxylation sites is 1. The lowest BCUT2D eigenvalue weighted by atomic mass is 9.98. The largest absolute Gasteiger partial charge is 0.480 e. The third-order valence-electron chi connectivity index (χ3n) is 6.16. The molecule has 1 aliphatic rings. The van der Waals surface area contributed by atoms with E-state index in [2.05, 4.69) is 17.4 Å². The van der Waals surface area contributed by atoms with Gasteiger partial charge in [-0.15, -0.1) is 0 Å². The summed E-state index contributed by atoms with van der Waals surface area (Å²) in [6.07, 6.45) is -0.684. The summed E-state index contributed by atoms with van der Waals surface area (Å²) in [7, 11) is 0. The van der Waals surface area contributed by atoms with E-state index in [1.165, 1.54) is 11.8 Å². The van der Waals surface area contributed by atoms with Crippen molar-refractivity contribution in [2.75, 3.05) is 18.5 Å². The van der Waals surface area contributed by atoms with Gasteiger partial charge in [0.2, 0.25) is 0 Å². The van der Waals surface area contributed by atoms with Gasteiger partial charge >= 0.3 is 12.1 Å². The molecule has 1 aliphatic carbocycles. The van der Waals surface area contributed by atoms with Crippen LogP contribution in [0.1, 0.15) is 41.3 Å². The summed E-state index contributed by atoms with van der Waals surface area (Å²) in [5.74, 6) is -1.66. The van der Waals surface area contributed by atoms with Crippen LogP contribution < -0.4 is 5.32 Å². The Labute approximate surface area is 198 Å². The molecule has 0 spiro atoms. The van der Waals surface area contributed by atoms with Crippen molar-refractivity contribution in [3.8, 4) is 11.1 Å². The number of hydrogen-bond acceptors (Lipinski definition) is 4. The molecule has 3 aromatic rings. The Bertz CT molecular complexity index is 1190. The molecule has 0 saturated carbocycles. The van der Waals surface area contributed by atoms with E-state index in [0.29, 0.717) is 0 Å². The second kappa shape index (κ2) is 9.79. The van der Waals surface area contributed by atoms with Gasteiger partial charge in [0.15, 0.2) is 0 Å². The predicted octanol–water partition coefficient (Wildman–Crippen LogP) is 4.98. The zero-order chi connectivity index (χ0) is 24.2. The number of nitrogens with zero attached hydrogens (tertiary/aromatic N) is 1. The standard InChI is InChI=1S/C27H26N2O5/c1-3-29(17(2)26(31)32)25(30)22-14-8-9-15-24(22)28-27(33)34-16-23-20-12-6-4-10-18(20)19-11-5-7-13-21(19)23/h4-15,17,23H,3,16H2,1-2H3,(H,28,33)(H,31,32). The second-order valence-corrected chi connectivity index (χ2v) is 8.10. The zero-order valence-electron chi connectivity index (χ0n) is 19.0. The number of anilines is 1. The minimum absolute atomic E-state index is 0.0815. The maximum Gasteiger partial charge on any atom is 0.411 e. The number of aliphatic carboxylic acids is 1. The first-order valence-electron chi connectivity index (χ1n) is 11.2. The molecule has 3 aromatic carbocycles. The van der Waals surface area contributed by atoms with Crippen LogP contribution in [0.4, 0.5) is 10.5 Å². The quantitative estimate of drug-likeness (QED) is 0.520. The first-order valence-corrected chi connectivity index (χ1v) is 11.2. The van der Waals surface area contributed by atoms with Crippen LogP contribution in [-0.2, 0) is 9.53 Å². The fourth-order valence-electron chi connectivity index (χ4n) is 4.40. The topological polar surface area (TPSA) is 95.9 Å². The molecule has 0 heterocycles. The van der Waals surface area contributed by atoms with Gasteiger partial charge in [-0.1, -0.05) is 60.7 Å². The summed E-state index contributed by atoms with van der Waals surface area (Å²) in [5, 5.41) is 12.0. The maximum atomic E-state index is 13.0. The zero-order valence-corrected chi connectivity index (χ0v) is 19.0. The van der Waals surface area contributed by atoms with Gasteiger partial charge in [-0.05, 0) is 48.2 Å². The number of carbonyl (C=O) groups excluding carboxylic acids is 2. The van der Waals surface area contributed by atoms with Gasteiger partial charge in [0, 0.05) is 12.5 Å². The fraction of sp³-hybridized carbons (Fsp3) is 0.222. The van der Waals surface area contributed by atoms with Gasteiger partial charge in [-0.3, -0.25) is 10.1 Å². The molecular weight excluding hydrogens is 432 g/mol. The van der Waals surface area contributed by atoms with E-state index in [9.17, 15) is 19.5 Å². The normalized spacial score (nSPS) is 12.9. The molecular formula is C27H26N2O5. The first kappa shape index (κ1) is 23.0. The lowest BCUT2D eigenvalue weighted by molar-refractivity contribution is -0.141. The monoisotopic (exact) mass is 458 g/mol. The highest BCUT2D eigenvalue weighted by Crippen LogP contribution is 2.44. The molecule has 34 heavy (non-hydrogen) atoms. The van der Waals surface area contributed by atoms with Crippen molar-refractivity contribution in [3.63, 3.8) is 0 Å². The molecule has 0 radical (unpaired) electrons. The molecule has 7 nitrogen and oxygen atoms in total. The van der Waals surface area contributed by atoms with Crippen molar-refractivity contribution in [1.29, 1.82) is 0 Å². The Kier molecular flexibility index (Phi) is 6.63. The van der Waals surface area contributed by atoms with Gasteiger partial charge in [0.25, 0.3) is 5.91 Å². The number of likely N-dealkylation sites (N-methyl/N-ethyl adjacent to an activating group) is 1. The van der Waals surface area contributed by atoms with Crippen LogP contribution in [-0.4, -0.2) is 47.2 Å². The van der Waals surface area contributed by atoms with Crippen LogP contribution >= 0.6 is 0 Å². The number of nitrogens with one attached hydrogen (secondary N) is 1. The van der Waals surface area contributed by atoms with Gasteiger partial charge < -0.3 is 14.7 Å². The highest BCUT2D eigenvalue weighted by molar-refractivity contribution is 6.03. The van der Waals surface area contributed by atoms with E-state index in [1.54, 1.807) is 31.2 Å². The Morgan fingerprint density at radius 1 is 0.941 bits per heavy atom. The van der Waals surface area contributed by atoms with Crippen LogP contribution in [0, 0.1) is 0 Å². The summed E-state index contributed by atoms with van der Waals surface area (Å²) in [6, 6.07) is 21.6. The molecule has 1 unspecified atom stereocenters. The minimum Gasteiger partial charge on any atom is -0.480 e. The Morgan fingerprint density at radius 2 is 1.50 bits per heavy atom. The van der Waals surface area contributed by atoms with E-state index in [1.807, 2.05) is 36.4 Å². The van der Waals surface area contributed by atoms with Crippen LogP contribution in [0.5, 0.6) is 0 Å². The van der Waals surface area contributed by atoms with Crippen molar-refractivity contribution in [1.82, 2.24) is 4.90 Å². The highest BCUT2D eigenvalue weighted by Gasteiger charge is 2.30. The predicted molar refractivity (Wildman–Crippen MR) is 129 cm³/mol. The molecule has 0 saturated heterocycles. The SMILES string of the molecule is CCN(C(=O)c1ccccc1NC(=O)OCC1c2ccccc2-c2ccccc21)C(C)C(=O)O. The highest BCUT2D eigenvalue weighted by atomic mass is 16.5. The van der Waals surface area contributed by atoms with Crippen molar-refractivity contribution in [2.45, 2.75) is 25.8 Å². The number of ether oxygens (including phenoxy) is 1. The minimum atomic E-state index is -1.10. The Balaban J connectivity index is 1.49. The number of benzene rings is 3. The van der Waals surface area contributed by atoms with Crippen LogP contribution in [0.25, 0.3) is 11.1 Å². The number of amides is 2. The first-order chi connectivity index (χ1) is 16.4. The number of fused-ring (bicyclic) bond motifs is 3. The third kappa shape index (κ3) is 4.37. The molecule has 0 aliphatic heterocycles. The Morgan fingerprint density at radius 3 is 2.09 bits per heavy atom. The summed E-state index contributed by atoms with van der Waals surface area (Å²) in [5.41, 5.74) is 4.94. The number of carboxylic acid groups (broad SMARTS) is 1. The van der Waals surface area contributed by atoms with Crippen LogP contribution in [0.15, 0.2) is 72.8 Å². The summed E-state index contributed by atoms with van der Waals surface area (Å²) in [4.78, 5) is 38.4. The van der Waals surface area contributed by atoms with E-state index >= 15 is 0 Å².